The highest BCUT2D eigenvalue weighted by atomic mass is 79.9. The first-order chi connectivity index (χ1) is 6.81. The molecular formula is C11H11BrN2. The number of rotatable bonds is 2. The lowest BCUT2D eigenvalue weighted by Crippen LogP contribution is -1.92. The zero-order valence-electron chi connectivity index (χ0n) is 8.00. The van der Waals surface area contributed by atoms with Gasteiger partial charge in [0.15, 0.2) is 0 Å². The van der Waals surface area contributed by atoms with E-state index in [1.807, 2.05) is 12.1 Å². The average Bonchev–Trinajstić information content (AvgIpc) is 2.18. The lowest BCUT2D eigenvalue weighted by molar-refractivity contribution is 0.886. The van der Waals surface area contributed by atoms with Gasteiger partial charge >= 0.3 is 0 Å². The van der Waals surface area contributed by atoms with Gasteiger partial charge in [0, 0.05) is 9.86 Å². The minimum absolute atomic E-state index is 1.01. The maximum absolute atomic E-state index is 4.30. The van der Waals surface area contributed by atoms with Crippen molar-refractivity contribution in [1.29, 1.82) is 0 Å². The molecule has 0 saturated carbocycles. The van der Waals surface area contributed by atoms with Gasteiger partial charge in [-0.05, 0) is 24.6 Å². The van der Waals surface area contributed by atoms with Gasteiger partial charge in [0.05, 0.1) is 11.2 Å². The molecule has 2 aromatic rings. The smallest absolute Gasteiger partial charge is 0.116 e. The van der Waals surface area contributed by atoms with Crippen LogP contribution in [0.15, 0.2) is 29.0 Å². The monoisotopic (exact) mass is 250 g/mol. The van der Waals surface area contributed by atoms with Crippen molar-refractivity contribution in [3.05, 3.63) is 34.7 Å². The number of fused-ring (bicyclic) bond motifs is 1. The molecule has 0 unspecified atom stereocenters. The first-order valence-corrected chi connectivity index (χ1v) is 5.49. The molecule has 1 aromatic carbocycles. The zero-order valence-corrected chi connectivity index (χ0v) is 9.58. The van der Waals surface area contributed by atoms with E-state index >= 15 is 0 Å². The van der Waals surface area contributed by atoms with Gasteiger partial charge in [0.1, 0.15) is 6.33 Å². The lowest BCUT2D eigenvalue weighted by Gasteiger charge is -2.03. The van der Waals surface area contributed by atoms with E-state index in [-0.39, 0.29) is 0 Å². The van der Waals surface area contributed by atoms with Crippen LogP contribution < -0.4 is 0 Å². The number of halogens is 1. The SMILES string of the molecule is CCCc1ncnc2cc(Br)ccc12. The van der Waals surface area contributed by atoms with Crippen LogP contribution in [0.3, 0.4) is 0 Å². The molecule has 0 aliphatic carbocycles. The third kappa shape index (κ3) is 1.77. The normalized spacial score (nSPS) is 10.7. The summed E-state index contributed by atoms with van der Waals surface area (Å²) in [4.78, 5) is 8.54. The zero-order chi connectivity index (χ0) is 9.97. The molecule has 3 heteroatoms. The third-order valence-electron chi connectivity index (χ3n) is 2.17. The summed E-state index contributed by atoms with van der Waals surface area (Å²) < 4.78 is 1.06. The van der Waals surface area contributed by atoms with Crippen LogP contribution >= 0.6 is 15.9 Å². The molecule has 72 valence electrons. The highest BCUT2D eigenvalue weighted by molar-refractivity contribution is 9.10. The van der Waals surface area contributed by atoms with E-state index < -0.39 is 0 Å². The van der Waals surface area contributed by atoms with Crippen LogP contribution in [-0.4, -0.2) is 9.97 Å². The largest absolute Gasteiger partial charge is 0.241 e. The Kier molecular flexibility index (Phi) is 2.77. The first-order valence-electron chi connectivity index (χ1n) is 4.70. The minimum atomic E-state index is 1.01. The minimum Gasteiger partial charge on any atom is -0.241 e. The van der Waals surface area contributed by atoms with Crippen LogP contribution in [0, 0.1) is 0 Å². The van der Waals surface area contributed by atoms with E-state index in [1.54, 1.807) is 6.33 Å². The lowest BCUT2D eigenvalue weighted by atomic mass is 10.1. The van der Waals surface area contributed by atoms with E-state index in [0.29, 0.717) is 0 Å². The number of benzene rings is 1. The van der Waals surface area contributed by atoms with Crippen LogP contribution in [-0.2, 0) is 6.42 Å². The van der Waals surface area contributed by atoms with Gasteiger partial charge < -0.3 is 0 Å². The molecule has 1 aromatic heterocycles. The highest BCUT2D eigenvalue weighted by Gasteiger charge is 2.02. The second-order valence-electron chi connectivity index (χ2n) is 3.23. The van der Waals surface area contributed by atoms with Crippen LogP contribution in [0.5, 0.6) is 0 Å². The Balaban J connectivity index is 2.62. The summed E-state index contributed by atoms with van der Waals surface area (Å²) in [5.74, 6) is 0. The topological polar surface area (TPSA) is 25.8 Å². The highest BCUT2D eigenvalue weighted by Crippen LogP contribution is 2.20. The van der Waals surface area contributed by atoms with E-state index in [0.717, 1.165) is 33.9 Å². The van der Waals surface area contributed by atoms with Crippen molar-refractivity contribution in [2.45, 2.75) is 19.8 Å². The molecule has 0 radical (unpaired) electrons. The molecule has 14 heavy (non-hydrogen) atoms. The quantitative estimate of drug-likeness (QED) is 0.817. The maximum Gasteiger partial charge on any atom is 0.116 e. The average molecular weight is 251 g/mol. The van der Waals surface area contributed by atoms with Crippen molar-refractivity contribution >= 4 is 26.8 Å². The molecule has 0 aliphatic heterocycles. The van der Waals surface area contributed by atoms with Crippen molar-refractivity contribution in [3.8, 4) is 0 Å². The fraction of sp³-hybridized carbons (Fsp3) is 0.273. The third-order valence-corrected chi connectivity index (χ3v) is 2.66. The molecular weight excluding hydrogens is 240 g/mol. The van der Waals surface area contributed by atoms with Crippen LogP contribution in [0.4, 0.5) is 0 Å². The van der Waals surface area contributed by atoms with E-state index in [9.17, 15) is 0 Å². The van der Waals surface area contributed by atoms with Gasteiger partial charge in [-0.3, -0.25) is 0 Å². The Morgan fingerprint density at radius 3 is 2.93 bits per heavy atom. The van der Waals surface area contributed by atoms with Gasteiger partial charge in [-0.1, -0.05) is 29.3 Å². The molecule has 2 nitrogen and oxygen atoms in total. The fourth-order valence-electron chi connectivity index (χ4n) is 1.52. The summed E-state index contributed by atoms with van der Waals surface area (Å²) in [6.45, 7) is 2.16. The molecule has 1 heterocycles. The van der Waals surface area contributed by atoms with Crippen LogP contribution in [0.25, 0.3) is 10.9 Å². The van der Waals surface area contributed by atoms with Gasteiger partial charge in [-0.2, -0.15) is 0 Å². The molecule has 0 amide bonds. The van der Waals surface area contributed by atoms with Gasteiger partial charge in [0.25, 0.3) is 0 Å². The Morgan fingerprint density at radius 2 is 2.14 bits per heavy atom. The Labute approximate surface area is 91.5 Å². The Bertz CT molecular complexity index is 454. The number of hydrogen-bond donors (Lipinski definition) is 0. The molecule has 2 rings (SSSR count). The molecule has 0 spiro atoms. The summed E-state index contributed by atoms with van der Waals surface area (Å²) in [6.07, 6.45) is 3.77. The van der Waals surface area contributed by atoms with Crippen LogP contribution in [0.1, 0.15) is 19.0 Å². The summed E-state index contributed by atoms with van der Waals surface area (Å²) in [5, 5.41) is 1.16. The van der Waals surface area contributed by atoms with Crippen molar-refractivity contribution in [2.75, 3.05) is 0 Å². The summed E-state index contributed by atoms with van der Waals surface area (Å²) in [6, 6.07) is 6.13. The number of aromatic nitrogens is 2. The standard InChI is InChI=1S/C11H11BrN2/c1-2-3-10-9-5-4-8(12)6-11(9)14-7-13-10/h4-7H,2-3H2,1H3. The summed E-state index contributed by atoms with van der Waals surface area (Å²) in [5.41, 5.74) is 2.16. The number of hydrogen-bond acceptors (Lipinski definition) is 2. The van der Waals surface area contributed by atoms with Gasteiger partial charge in [-0.15, -0.1) is 0 Å². The fourth-order valence-corrected chi connectivity index (χ4v) is 1.87. The second-order valence-corrected chi connectivity index (χ2v) is 4.15. The molecule has 0 bridgehead atoms. The van der Waals surface area contributed by atoms with E-state index in [2.05, 4.69) is 38.9 Å². The van der Waals surface area contributed by atoms with E-state index in [1.165, 1.54) is 0 Å². The van der Waals surface area contributed by atoms with Crippen molar-refractivity contribution < 1.29 is 0 Å². The van der Waals surface area contributed by atoms with E-state index in [4.69, 9.17) is 0 Å². The number of aryl methyl sites for hydroxylation is 1. The molecule has 0 aliphatic rings. The van der Waals surface area contributed by atoms with Gasteiger partial charge in [-0.25, -0.2) is 9.97 Å². The van der Waals surface area contributed by atoms with Crippen LogP contribution in [0.2, 0.25) is 0 Å². The van der Waals surface area contributed by atoms with Crippen molar-refractivity contribution in [3.63, 3.8) is 0 Å². The Morgan fingerprint density at radius 1 is 1.29 bits per heavy atom. The molecule has 0 atom stereocenters. The molecule has 0 fully saturated rings. The Hall–Kier alpha value is -0.960. The van der Waals surface area contributed by atoms with Crippen molar-refractivity contribution in [2.24, 2.45) is 0 Å². The predicted molar refractivity (Wildman–Crippen MR) is 61.2 cm³/mol. The summed E-state index contributed by atoms with van der Waals surface area (Å²) in [7, 11) is 0. The second kappa shape index (κ2) is 4.05. The van der Waals surface area contributed by atoms with Crippen molar-refractivity contribution in [1.82, 2.24) is 9.97 Å². The predicted octanol–water partition coefficient (Wildman–Crippen LogP) is 3.34. The first kappa shape index (κ1) is 9.59. The molecule has 0 saturated heterocycles. The summed E-state index contributed by atoms with van der Waals surface area (Å²) >= 11 is 3.44. The van der Waals surface area contributed by atoms with Gasteiger partial charge in [0.2, 0.25) is 0 Å². The molecule has 0 N–H and O–H groups in total. The maximum atomic E-state index is 4.30. The number of nitrogens with zero attached hydrogens (tertiary/aromatic N) is 2.